The number of nitrogens with two attached hydrogens (primary N) is 1. The average Bonchev–Trinajstić information content (AvgIpc) is 2.93. The van der Waals surface area contributed by atoms with Crippen molar-refractivity contribution in [1.82, 2.24) is 25.6 Å². The number of methoxy groups -OCH3 is 1. The van der Waals surface area contributed by atoms with Gasteiger partial charge in [-0.2, -0.15) is 5.10 Å². The Labute approximate surface area is 136 Å². The molecule has 13 heteroatoms. The van der Waals surface area contributed by atoms with E-state index >= 15 is 0 Å². The van der Waals surface area contributed by atoms with Crippen molar-refractivity contribution in [2.45, 2.75) is 37.6 Å². The number of anilines is 1. The fraction of sp³-hybridized carbons (Fsp3) is 0.727. The number of hydrogen-bond donors (Lipinski definition) is 3. The van der Waals surface area contributed by atoms with Gasteiger partial charge in [0.05, 0.1) is 12.0 Å². The highest BCUT2D eigenvalue weighted by Gasteiger charge is 2.46. The van der Waals surface area contributed by atoms with E-state index in [0.29, 0.717) is 12.8 Å². The number of hydrogen-bond acceptors (Lipinski definition) is 10. The van der Waals surface area contributed by atoms with Crippen molar-refractivity contribution >= 4 is 18.1 Å². The Bertz CT molecular complexity index is 619. The third-order valence-corrected chi connectivity index (χ3v) is 3.77. The Morgan fingerprint density at radius 3 is 3.00 bits per heavy atom. The van der Waals surface area contributed by atoms with Crippen LogP contribution in [0.15, 0.2) is 5.10 Å². The monoisotopic (exact) mass is 342 g/mol. The van der Waals surface area contributed by atoms with Crippen LogP contribution in [0.4, 0.5) is 5.95 Å². The average molecular weight is 342 g/mol. The van der Waals surface area contributed by atoms with Gasteiger partial charge in [0.1, 0.15) is 6.54 Å². The first-order chi connectivity index (χ1) is 11.4. The van der Waals surface area contributed by atoms with Crippen LogP contribution in [0.3, 0.4) is 0 Å². The van der Waals surface area contributed by atoms with Gasteiger partial charge < -0.3 is 15.6 Å². The lowest BCUT2D eigenvalue weighted by Gasteiger charge is -2.32. The first-order valence-corrected chi connectivity index (χ1v) is 7.12. The highest BCUT2D eigenvalue weighted by atomic mass is 16.6. The minimum Gasteiger partial charge on any atom is -0.390 e. The van der Waals surface area contributed by atoms with Gasteiger partial charge in [-0.1, -0.05) is 5.10 Å². The van der Waals surface area contributed by atoms with Crippen LogP contribution in [-0.2, 0) is 16.1 Å². The van der Waals surface area contributed by atoms with Crippen molar-refractivity contribution < 1.29 is 19.6 Å². The van der Waals surface area contributed by atoms with E-state index < -0.39 is 35.0 Å². The molecule has 2 rings (SSSR count). The summed E-state index contributed by atoms with van der Waals surface area (Å²) in [6.45, 7) is -0.237. The molecule has 0 saturated heterocycles. The van der Waals surface area contributed by atoms with E-state index in [1.807, 2.05) is 0 Å². The Hall–Kier alpha value is -2.67. The summed E-state index contributed by atoms with van der Waals surface area (Å²) in [5.74, 6) is -1.14. The van der Waals surface area contributed by atoms with Gasteiger partial charge in [-0.05, 0) is 23.3 Å². The highest BCUT2D eigenvalue weighted by molar-refractivity contribution is 5.77. The molecule has 132 valence electrons. The summed E-state index contributed by atoms with van der Waals surface area (Å²) in [5.41, 5.74) is 7.66. The molecule has 0 radical (unpaired) electrons. The summed E-state index contributed by atoms with van der Waals surface area (Å²) >= 11 is 0. The molecule has 1 aromatic rings. The third-order valence-electron chi connectivity index (χ3n) is 3.77. The predicted molar refractivity (Wildman–Crippen MR) is 79.2 cm³/mol. The number of nitrogens with zero attached hydrogens (tertiary/aromatic N) is 6. The van der Waals surface area contributed by atoms with Gasteiger partial charge in [-0.25, -0.2) is 10.1 Å². The Morgan fingerprint density at radius 2 is 2.42 bits per heavy atom. The number of aliphatic hydroxyl groups excluding tert-OH is 1. The van der Waals surface area contributed by atoms with Gasteiger partial charge in [0.2, 0.25) is 12.0 Å². The number of tetrazole rings is 1. The molecule has 1 aliphatic rings. The number of rotatable bonds is 6. The van der Waals surface area contributed by atoms with Crippen LogP contribution in [0, 0.1) is 16.0 Å². The molecule has 0 aliphatic heterocycles. The van der Waals surface area contributed by atoms with Crippen molar-refractivity contribution in [1.29, 1.82) is 0 Å². The maximum absolute atomic E-state index is 11.7. The van der Waals surface area contributed by atoms with Crippen molar-refractivity contribution in [2.24, 2.45) is 11.0 Å². The Morgan fingerprint density at radius 1 is 1.67 bits per heavy atom. The van der Waals surface area contributed by atoms with Gasteiger partial charge in [0.25, 0.3) is 5.91 Å². The number of nitrogens with one attached hydrogen (secondary N) is 1. The van der Waals surface area contributed by atoms with Crippen LogP contribution in [0.25, 0.3) is 0 Å². The number of amides is 1. The summed E-state index contributed by atoms with van der Waals surface area (Å²) in [6.07, 6.45) is 0.140. The zero-order valence-corrected chi connectivity index (χ0v) is 12.8. The minimum atomic E-state index is -1.14. The van der Waals surface area contributed by atoms with Crippen molar-refractivity contribution in [3.63, 3.8) is 0 Å². The molecule has 1 saturated carbocycles. The molecule has 24 heavy (non-hydrogen) atoms. The Balaban J connectivity index is 1.95. The smallest absolute Gasteiger partial charge is 0.261 e. The fourth-order valence-corrected chi connectivity index (χ4v) is 2.61. The Kier molecular flexibility index (Phi) is 5.70. The largest absolute Gasteiger partial charge is 0.390 e. The molecule has 1 aliphatic carbocycles. The SMILES string of the molecule is COC1C(O)CCC(C=NNC(=O)Cn2nnnc2N)C1[N+](=O)[O-]. The van der Waals surface area contributed by atoms with E-state index in [0.717, 1.165) is 4.68 Å². The topological polar surface area (TPSA) is 184 Å². The zero-order chi connectivity index (χ0) is 17.7. The second-order valence-corrected chi connectivity index (χ2v) is 5.29. The zero-order valence-electron chi connectivity index (χ0n) is 12.8. The molecule has 1 fully saturated rings. The van der Waals surface area contributed by atoms with Crippen LogP contribution < -0.4 is 11.2 Å². The number of aliphatic hydroxyl groups is 1. The predicted octanol–water partition coefficient (Wildman–Crippen LogP) is -2.21. The molecule has 4 atom stereocenters. The van der Waals surface area contributed by atoms with Gasteiger partial charge in [0, 0.05) is 18.2 Å². The molecule has 0 bridgehead atoms. The lowest BCUT2D eigenvalue weighted by molar-refractivity contribution is -0.546. The molecule has 1 amide bonds. The van der Waals surface area contributed by atoms with Crippen LogP contribution in [-0.4, -0.2) is 67.7 Å². The number of aromatic nitrogens is 4. The molecular weight excluding hydrogens is 324 g/mol. The second kappa shape index (κ2) is 7.74. The molecule has 4 N–H and O–H groups in total. The molecule has 0 aromatic carbocycles. The lowest BCUT2D eigenvalue weighted by Crippen LogP contribution is -2.52. The first-order valence-electron chi connectivity index (χ1n) is 7.12. The van der Waals surface area contributed by atoms with Gasteiger partial charge in [-0.15, -0.1) is 0 Å². The molecule has 1 heterocycles. The van der Waals surface area contributed by atoms with Crippen LogP contribution in [0.5, 0.6) is 0 Å². The number of nitro groups is 1. The van der Waals surface area contributed by atoms with Gasteiger partial charge in [0.15, 0.2) is 6.10 Å². The quantitative estimate of drug-likeness (QED) is 0.293. The molecular formula is C11H18N8O5. The van der Waals surface area contributed by atoms with Crippen LogP contribution >= 0.6 is 0 Å². The summed E-state index contributed by atoms with van der Waals surface area (Å²) in [6, 6.07) is -1.14. The van der Waals surface area contributed by atoms with Crippen molar-refractivity contribution in [3.8, 4) is 0 Å². The standard InChI is InChI=1S/C11H18N8O5/c1-24-10-7(20)3-2-6(9(10)19(22)23)4-13-14-8(21)5-18-11(12)15-16-17-18/h4,6-7,9-10,20H,2-3,5H2,1H3,(H,14,21)(H2,12,15,17). The number of ether oxygens (including phenoxy) is 1. The summed E-state index contributed by atoms with van der Waals surface area (Å²) in [7, 11) is 1.31. The van der Waals surface area contributed by atoms with E-state index in [1.165, 1.54) is 13.3 Å². The maximum atomic E-state index is 11.7. The van der Waals surface area contributed by atoms with Crippen molar-refractivity contribution in [3.05, 3.63) is 10.1 Å². The van der Waals surface area contributed by atoms with E-state index in [1.54, 1.807) is 0 Å². The summed E-state index contributed by atoms with van der Waals surface area (Å²) < 4.78 is 6.11. The summed E-state index contributed by atoms with van der Waals surface area (Å²) in [5, 5.41) is 35.0. The maximum Gasteiger partial charge on any atom is 0.261 e. The lowest BCUT2D eigenvalue weighted by atomic mass is 9.81. The fourth-order valence-electron chi connectivity index (χ4n) is 2.61. The number of carbonyl (C=O) groups excluding carboxylic acids is 1. The van der Waals surface area contributed by atoms with Crippen LogP contribution in [0.2, 0.25) is 0 Å². The van der Waals surface area contributed by atoms with Gasteiger partial charge in [-0.3, -0.25) is 14.9 Å². The third kappa shape index (κ3) is 3.99. The minimum absolute atomic E-state index is 0.0215. The van der Waals surface area contributed by atoms with Crippen molar-refractivity contribution in [2.75, 3.05) is 12.8 Å². The number of hydrazone groups is 1. The van der Waals surface area contributed by atoms with Gasteiger partial charge >= 0.3 is 0 Å². The number of nitrogen functional groups attached to an aromatic ring is 1. The normalized spacial score (nSPS) is 27.2. The number of carbonyl (C=O) groups is 1. The van der Waals surface area contributed by atoms with E-state index in [9.17, 15) is 20.0 Å². The first kappa shape index (κ1) is 17.7. The van der Waals surface area contributed by atoms with E-state index in [4.69, 9.17) is 10.5 Å². The highest BCUT2D eigenvalue weighted by Crippen LogP contribution is 2.28. The molecule has 13 nitrogen and oxygen atoms in total. The molecule has 1 aromatic heterocycles. The van der Waals surface area contributed by atoms with E-state index in [2.05, 4.69) is 26.1 Å². The second-order valence-electron chi connectivity index (χ2n) is 5.29. The summed E-state index contributed by atoms with van der Waals surface area (Å²) in [4.78, 5) is 22.4. The van der Waals surface area contributed by atoms with E-state index in [-0.39, 0.29) is 12.5 Å². The molecule has 0 spiro atoms. The van der Waals surface area contributed by atoms with Crippen LogP contribution in [0.1, 0.15) is 12.8 Å². The molecule has 4 unspecified atom stereocenters.